The fourth-order valence-electron chi connectivity index (χ4n) is 3.30. The molecule has 0 aromatic heterocycles. The average molecular weight is 301 g/mol. The maximum Gasteiger partial charge on any atom is 0.0729 e. The molecule has 3 nitrogen and oxygen atoms in total. The Balaban J connectivity index is 1.92. The summed E-state index contributed by atoms with van der Waals surface area (Å²) < 4.78 is 12.0. The van der Waals surface area contributed by atoms with Gasteiger partial charge in [-0.25, -0.2) is 0 Å². The van der Waals surface area contributed by atoms with E-state index < -0.39 is 0 Å². The molecule has 2 aliphatic rings. The zero-order valence-corrected chi connectivity index (χ0v) is 14.4. The van der Waals surface area contributed by atoms with Crippen LogP contribution in [-0.4, -0.2) is 49.0 Å². The van der Waals surface area contributed by atoms with E-state index in [1.54, 1.807) is 0 Å². The molecule has 0 aromatic carbocycles. The predicted octanol–water partition coefficient (Wildman–Crippen LogP) is 3.08. The van der Waals surface area contributed by atoms with E-state index in [1.807, 2.05) is 0 Å². The standard InChI is InChI=1S/C16H31NO2S/c1-15(2,3)20-12-14(17-4)13-5-8-19-16(11-13)6-9-18-10-7-16/h13-14,17H,5-12H2,1-4H3. The molecule has 0 aliphatic carbocycles. The number of thioether (sulfide) groups is 1. The molecule has 2 fully saturated rings. The van der Waals surface area contributed by atoms with Crippen molar-refractivity contribution in [2.24, 2.45) is 5.92 Å². The van der Waals surface area contributed by atoms with Gasteiger partial charge < -0.3 is 14.8 Å². The highest BCUT2D eigenvalue weighted by molar-refractivity contribution is 8.00. The SMILES string of the molecule is CNC(CSC(C)(C)C)C1CCOC2(CCOCC2)C1. The van der Waals surface area contributed by atoms with Gasteiger partial charge in [-0.1, -0.05) is 20.8 Å². The van der Waals surface area contributed by atoms with Crippen molar-refractivity contribution in [3.63, 3.8) is 0 Å². The predicted molar refractivity (Wildman–Crippen MR) is 86.5 cm³/mol. The lowest BCUT2D eigenvalue weighted by molar-refractivity contribution is -0.149. The van der Waals surface area contributed by atoms with Crippen LogP contribution in [0.5, 0.6) is 0 Å². The third kappa shape index (κ3) is 4.62. The minimum absolute atomic E-state index is 0.114. The maximum atomic E-state index is 6.16. The summed E-state index contributed by atoms with van der Waals surface area (Å²) in [5.41, 5.74) is 0.114. The second-order valence-corrected chi connectivity index (χ2v) is 9.06. The van der Waals surface area contributed by atoms with Crippen LogP contribution in [0.2, 0.25) is 0 Å². The Morgan fingerprint density at radius 1 is 1.25 bits per heavy atom. The number of ether oxygens (including phenoxy) is 2. The zero-order valence-electron chi connectivity index (χ0n) is 13.5. The summed E-state index contributed by atoms with van der Waals surface area (Å²) in [6.07, 6.45) is 4.55. The molecule has 1 spiro atoms. The van der Waals surface area contributed by atoms with Crippen LogP contribution in [0.1, 0.15) is 46.5 Å². The van der Waals surface area contributed by atoms with Crippen molar-refractivity contribution in [1.29, 1.82) is 0 Å². The van der Waals surface area contributed by atoms with Crippen molar-refractivity contribution in [3.05, 3.63) is 0 Å². The summed E-state index contributed by atoms with van der Waals surface area (Å²) >= 11 is 2.07. The van der Waals surface area contributed by atoms with Crippen molar-refractivity contribution in [2.75, 3.05) is 32.6 Å². The van der Waals surface area contributed by atoms with Crippen molar-refractivity contribution >= 4 is 11.8 Å². The Labute approximate surface area is 128 Å². The lowest BCUT2D eigenvalue weighted by Crippen LogP contribution is -2.49. The first-order valence-corrected chi connectivity index (χ1v) is 8.96. The first-order chi connectivity index (χ1) is 9.44. The lowest BCUT2D eigenvalue weighted by Gasteiger charge is -2.45. The van der Waals surface area contributed by atoms with Gasteiger partial charge in [0.1, 0.15) is 0 Å². The molecule has 2 saturated heterocycles. The molecule has 0 radical (unpaired) electrons. The van der Waals surface area contributed by atoms with E-state index in [2.05, 4.69) is 44.9 Å². The molecule has 0 amide bonds. The highest BCUT2D eigenvalue weighted by Crippen LogP contribution is 2.39. The molecule has 0 saturated carbocycles. The quantitative estimate of drug-likeness (QED) is 0.864. The van der Waals surface area contributed by atoms with Gasteiger partial charge >= 0.3 is 0 Å². The van der Waals surface area contributed by atoms with E-state index >= 15 is 0 Å². The second-order valence-electron chi connectivity index (χ2n) is 7.22. The topological polar surface area (TPSA) is 30.5 Å². The van der Waals surface area contributed by atoms with Gasteiger partial charge in [-0.2, -0.15) is 11.8 Å². The highest BCUT2D eigenvalue weighted by Gasteiger charge is 2.41. The fraction of sp³-hybridized carbons (Fsp3) is 1.00. The van der Waals surface area contributed by atoms with Crippen LogP contribution < -0.4 is 5.32 Å². The third-order valence-electron chi connectivity index (χ3n) is 4.57. The Bertz CT molecular complexity index is 292. The van der Waals surface area contributed by atoms with E-state index in [9.17, 15) is 0 Å². The van der Waals surface area contributed by atoms with Crippen LogP contribution in [0.4, 0.5) is 0 Å². The maximum absolute atomic E-state index is 6.16. The molecule has 20 heavy (non-hydrogen) atoms. The smallest absolute Gasteiger partial charge is 0.0729 e. The van der Waals surface area contributed by atoms with E-state index in [4.69, 9.17) is 9.47 Å². The molecular formula is C16H31NO2S. The molecule has 0 aromatic rings. The molecule has 4 heteroatoms. The molecule has 118 valence electrons. The van der Waals surface area contributed by atoms with Gasteiger partial charge in [0, 0.05) is 36.4 Å². The summed E-state index contributed by atoms with van der Waals surface area (Å²) in [5, 5.41) is 3.56. The largest absolute Gasteiger partial charge is 0.381 e. The minimum Gasteiger partial charge on any atom is -0.381 e. The van der Waals surface area contributed by atoms with Gasteiger partial charge in [-0.15, -0.1) is 0 Å². The lowest BCUT2D eigenvalue weighted by atomic mass is 9.78. The first-order valence-electron chi connectivity index (χ1n) is 7.97. The van der Waals surface area contributed by atoms with Crippen LogP contribution >= 0.6 is 11.8 Å². The average Bonchev–Trinajstić information content (AvgIpc) is 2.39. The zero-order chi connectivity index (χ0) is 14.6. The van der Waals surface area contributed by atoms with Crippen molar-refractivity contribution in [1.82, 2.24) is 5.32 Å². The Kier molecular flexibility index (Phi) is 5.80. The molecule has 2 atom stereocenters. The molecule has 2 unspecified atom stereocenters. The van der Waals surface area contributed by atoms with E-state index in [0.29, 0.717) is 10.8 Å². The monoisotopic (exact) mass is 301 g/mol. The van der Waals surface area contributed by atoms with Gasteiger partial charge in [0.15, 0.2) is 0 Å². The summed E-state index contributed by atoms with van der Waals surface area (Å²) in [6.45, 7) is 9.56. The first kappa shape index (κ1) is 16.6. The van der Waals surface area contributed by atoms with E-state index in [1.165, 1.54) is 18.6 Å². The fourth-order valence-corrected chi connectivity index (χ4v) is 4.41. The van der Waals surface area contributed by atoms with Gasteiger partial charge in [-0.3, -0.25) is 0 Å². The van der Waals surface area contributed by atoms with E-state index in [-0.39, 0.29) is 5.60 Å². The van der Waals surface area contributed by atoms with Crippen LogP contribution in [-0.2, 0) is 9.47 Å². The summed E-state index contributed by atoms with van der Waals surface area (Å²) in [4.78, 5) is 0. The molecule has 1 N–H and O–H groups in total. The molecule has 2 aliphatic heterocycles. The molecule has 0 bridgehead atoms. The van der Waals surface area contributed by atoms with Gasteiger partial charge in [0.05, 0.1) is 5.60 Å². The van der Waals surface area contributed by atoms with Crippen LogP contribution in [0.15, 0.2) is 0 Å². The minimum atomic E-state index is 0.114. The van der Waals surface area contributed by atoms with Crippen LogP contribution in [0.25, 0.3) is 0 Å². The summed E-state index contributed by atoms with van der Waals surface area (Å²) in [7, 11) is 2.11. The highest BCUT2D eigenvalue weighted by atomic mass is 32.2. The molecular weight excluding hydrogens is 270 g/mol. The number of hydrogen-bond donors (Lipinski definition) is 1. The Hall–Kier alpha value is 0.230. The normalized spacial score (nSPS) is 28.5. The Morgan fingerprint density at radius 2 is 1.95 bits per heavy atom. The van der Waals surface area contributed by atoms with Crippen molar-refractivity contribution in [2.45, 2.75) is 62.8 Å². The van der Waals surface area contributed by atoms with Gasteiger partial charge in [0.2, 0.25) is 0 Å². The summed E-state index contributed by atoms with van der Waals surface area (Å²) in [6, 6.07) is 0.600. The second kappa shape index (κ2) is 6.99. The van der Waals surface area contributed by atoms with E-state index in [0.717, 1.165) is 38.6 Å². The summed E-state index contributed by atoms with van der Waals surface area (Å²) in [5.74, 6) is 1.93. The van der Waals surface area contributed by atoms with Gasteiger partial charge in [-0.05, 0) is 38.6 Å². The molecule has 2 rings (SSSR count). The van der Waals surface area contributed by atoms with Crippen molar-refractivity contribution in [3.8, 4) is 0 Å². The third-order valence-corrected chi connectivity index (χ3v) is 5.96. The molecule has 2 heterocycles. The number of nitrogens with one attached hydrogen (secondary N) is 1. The van der Waals surface area contributed by atoms with Crippen LogP contribution in [0, 0.1) is 5.92 Å². The Morgan fingerprint density at radius 3 is 2.55 bits per heavy atom. The van der Waals surface area contributed by atoms with Gasteiger partial charge in [0.25, 0.3) is 0 Å². The number of hydrogen-bond acceptors (Lipinski definition) is 4. The number of rotatable bonds is 4. The van der Waals surface area contributed by atoms with Crippen molar-refractivity contribution < 1.29 is 9.47 Å². The van der Waals surface area contributed by atoms with Crippen LogP contribution in [0.3, 0.4) is 0 Å².